The van der Waals surface area contributed by atoms with Crippen LogP contribution in [0.1, 0.15) is 323 Å². The van der Waals surface area contributed by atoms with Crippen LogP contribution in [0.15, 0.2) is 48.6 Å². The highest BCUT2D eigenvalue weighted by Gasteiger charge is 2.19. The fraction of sp³-hybridized carbons (Fsp3) is 0.828. The van der Waals surface area contributed by atoms with Crippen LogP contribution in [0.4, 0.5) is 0 Å². The Bertz CT molecular complexity index is 1220. The molecular weight excluding hydrogens is 865 g/mol. The molecule has 0 aromatic carbocycles. The predicted octanol–water partition coefficient (Wildman–Crippen LogP) is 20.6. The van der Waals surface area contributed by atoms with Gasteiger partial charge >= 0.3 is 17.9 Å². The lowest BCUT2D eigenvalue weighted by Crippen LogP contribution is -2.30. The van der Waals surface area contributed by atoms with Crippen molar-refractivity contribution >= 4 is 17.9 Å². The average Bonchev–Trinajstić information content (AvgIpc) is 3.36. The van der Waals surface area contributed by atoms with Gasteiger partial charge in [-0.25, -0.2) is 0 Å². The van der Waals surface area contributed by atoms with Crippen molar-refractivity contribution in [2.24, 2.45) is 0 Å². The van der Waals surface area contributed by atoms with E-state index in [0.717, 1.165) is 89.9 Å². The summed E-state index contributed by atoms with van der Waals surface area (Å²) in [4.78, 5) is 38.2. The van der Waals surface area contributed by atoms with Crippen LogP contribution in [0.3, 0.4) is 0 Å². The van der Waals surface area contributed by atoms with Crippen molar-refractivity contribution in [3.63, 3.8) is 0 Å². The number of hydrogen-bond donors (Lipinski definition) is 0. The van der Waals surface area contributed by atoms with Crippen LogP contribution in [0, 0.1) is 0 Å². The summed E-state index contributed by atoms with van der Waals surface area (Å²) in [6.45, 7) is 6.62. The molecule has 0 aromatic rings. The van der Waals surface area contributed by atoms with Gasteiger partial charge in [0.05, 0.1) is 0 Å². The first-order chi connectivity index (χ1) is 34.5. The van der Waals surface area contributed by atoms with Crippen LogP contribution in [0.25, 0.3) is 0 Å². The number of esters is 3. The smallest absolute Gasteiger partial charge is 0.306 e. The molecular formula is C64H116O6. The van der Waals surface area contributed by atoms with Crippen LogP contribution in [-0.4, -0.2) is 37.2 Å². The van der Waals surface area contributed by atoms with Crippen molar-refractivity contribution < 1.29 is 28.6 Å². The Labute approximate surface area is 435 Å². The molecule has 6 heteroatoms. The Hall–Kier alpha value is -2.63. The molecule has 0 bridgehead atoms. The normalized spacial score (nSPS) is 12.3. The van der Waals surface area contributed by atoms with Gasteiger partial charge in [-0.15, -0.1) is 0 Å². The van der Waals surface area contributed by atoms with Crippen molar-refractivity contribution in [3.8, 4) is 0 Å². The number of allylic oxidation sites excluding steroid dienone is 8. The Morgan fingerprint density at radius 2 is 0.514 bits per heavy atom. The van der Waals surface area contributed by atoms with Crippen molar-refractivity contribution in [3.05, 3.63) is 48.6 Å². The van der Waals surface area contributed by atoms with Crippen LogP contribution < -0.4 is 0 Å². The molecule has 0 aromatic heterocycles. The first-order valence-electron chi connectivity index (χ1n) is 30.6. The van der Waals surface area contributed by atoms with Crippen molar-refractivity contribution in [2.75, 3.05) is 13.2 Å². The van der Waals surface area contributed by atoms with E-state index >= 15 is 0 Å². The van der Waals surface area contributed by atoms with Crippen molar-refractivity contribution in [1.29, 1.82) is 0 Å². The van der Waals surface area contributed by atoms with Crippen LogP contribution in [0.2, 0.25) is 0 Å². The Balaban J connectivity index is 4.35. The molecule has 1 unspecified atom stereocenters. The number of carbonyl (C=O) groups is 3. The summed E-state index contributed by atoms with van der Waals surface area (Å²) in [5, 5.41) is 0. The van der Waals surface area contributed by atoms with E-state index in [1.54, 1.807) is 0 Å². The summed E-state index contributed by atoms with van der Waals surface area (Å²) < 4.78 is 16.9. The molecule has 0 aliphatic carbocycles. The summed E-state index contributed by atoms with van der Waals surface area (Å²) in [6.07, 6.45) is 72.5. The summed E-state index contributed by atoms with van der Waals surface area (Å²) in [5.74, 6) is -0.882. The maximum absolute atomic E-state index is 12.9. The van der Waals surface area contributed by atoms with Gasteiger partial charge in [0.1, 0.15) is 13.2 Å². The molecule has 0 aliphatic rings. The van der Waals surface area contributed by atoms with Crippen LogP contribution >= 0.6 is 0 Å². The standard InChI is InChI=1S/C64H116O6/c1-4-7-10-13-16-19-22-25-28-30-31-32-34-36-39-42-45-48-51-54-57-63(66)69-60-61(59-68-62(65)56-53-50-47-44-41-38-35-27-24-21-18-15-12-9-6-3)70-64(67)58-55-52-49-46-43-40-37-33-29-26-23-20-17-14-11-8-5-2/h17-18,20-21,26-27,29,35,61H,4-16,19,22-25,28,30-34,36-60H2,1-3H3/b20-17-,21-18-,29-26-,35-27-. The molecule has 0 amide bonds. The van der Waals surface area contributed by atoms with Gasteiger partial charge in [0.2, 0.25) is 0 Å². The minimum atomic E-state index is -0.782. The van der Waals surface area contributed by atoms with E-state index < -0.39 is 6.10 Å². The third-order valence-electron chi connectivity index (χ3n) is 13.6. The first kappa shape index (κ1) is 67.4. The number of rotatable bonds is 56. The van der Waals surface area contributed by atoms with Gasteiger partial charge in [0.25, 0.3) is 0 Å². The zero-order valence-corrected chi connectivity index (χ0v) is 46.8. The van der Waals surface area contributed by atoms with Gasteiger partial charge in [-0.2, -0.15) is 0 Å². The second kappa shape index (κ2) is 58.9. The number of carbonyl (C=O) groups excluding carboxylic acids is 3. The maximum Gasteiger partial charge on any atom is 0.306 e. The van der Waals surface area contributed by atoms with Gasteiger partial charge in [0, 0.05) is 19.3 Å². The van der Waals surface area contributed by atoms with E-state index in [9.17, 15) is 14.4 Å². The Morgan fingerprint density at radius 1 is 0.286 bits per heavy atom. The molecule has 0 rings (SSSR count). The van der Waals surface area contributed by atoms with Gasteiger partial charge < -0.3 is 14.2 Å². The molecule has 0 aliphatic heterocycles. The first-order valence-corrected chi connectivity index (χ1v) is 30.6. The molecule has 0 radical (unpaired) electrons. The molecule has 0 N–H and O–H groups in total. The number of hydrogen-bond acceptors (Lipinski definition) is 6. The van der Waals surface area contributed by atoms with E-state index in [-0.39, 0.29) is 31.1 Å². The lowest BCUT2D eigenvalue weighted by Gasteiger charge is -2.18. The SMILES string of the molecule is CCCCC/C=C\C/C=C\CCCCCCCCCC(=O)OC(COC(=O)CCCCCCC/C=C\C/C=C\CCCCC)COC(=O)CCCCCCCCCCCCCCCCCCCCCC. The molecule has 6 nitrogen and oxygen atoms in total. The second-order valence-corrected chi connectivity index (χ2v) is 20.6. The van der Waals surface area contributed by atoms with Gasteiger partial charge in [-0.05, 0) is 83.5 Å². The zero-order valence-electron chi connectivity index (χ0n) is 46.8. The number of unbranched alkanes of at least 4 members (excludes halogenated alkanes) is 37. The number of ether oxygens (including phenoxy) is 3. The quantitative estimate of drug-likeness (QED) is 0.0261. The molecule has 0 spiro atoms. The van der Waals surface area contributed by atoms with E-state index in [2.05, 4.69) is 69.4 Å². The van der Waals surface area contributed by atoms with E-state index in [4.69, 9.17) is 14.2 Å². The maximum atomic E-state index is 12.9. The molecule has 1 atom stereocenters. The fourth-order valence-corrected chi connectivity index (χ4v) is 8.92. The van der Waals surface area contributed by atoms with E-state index in [1.165, 1.54) is 193 Å². The Kier molecular flexibility index (Phi) is 56.7. The van der Waals surface area contributed by atoms with Crippen molar-refractivity contribution in [2.45, 2.75) is 329 Å². The van der Waals surface area contributed by atoms with Gasteiger partial charge in [0.15, 0.2) is 6.10 Å². The molecule has 0 heterocycles. The highest BCUT2D eigenvalue weighted by Crippen LogP contribution is 2.17. The highest BCUT2D eigenvalue weighted by atomic mass is 16.6. The Morgan fingerprint density at radius 3 is 0.814 bits per heavy atom. The minimum absolute atomic E-state index is 0.0777. The van der Waals surface area contributed by atoms with Gasteiger partial charge in [-0.1, -0.05) is 268 Å². The molecule has 408 valence electrons. The van der Waals surface area contributed by atoms with E-state index in [1.807, 2.05) is 0 Å². The predicted molar refractivity (Wildman–Crippen MR) is 302 cm³/mol. The molecule has 70 heavy (non-hydrogen) atoms. The highest BCUT2D eigenvalue weighted by molar-refractivity contribution is 5.71. The monoisotopic (exact) mass is 981 g/mol. The summed E-state index contributed by atoms with van der Waals surface area (Å²) in [5.41, 5.74) is 0. The topological polar surface area (TPSA) is 78.9 Å². The largest absolute Gasteiger partial charge is 0.462 e. The average molecular weight is 982 g/mol. The van der Waals surface area contributed by atoms with Crippen LogP contribution in [0.5, 0.6) is 0 Å². The summed E-state index contributed by atoms with van der Waals surface area (Å²) in [6, 6.07) is 0. The molecule has 0 fully saturated rings. The third kappa shape index (κ3) is 56.3. The lowest BCUT2D eigenvalue weighted by molar-refractivity contribution is -0.167. The lowest BCUT2D eigenvalue weighted by atomic mass is 10.0. The fourth-order valence-electron chi connectivity index (χ4n) is 8.92. The van der Waals surface area contributed by atoms with Gasteiger partial charge in [-0.3, -0.25) is 14.4 Å². The third-order valence-corrected chi connectivity index (χ3v) is 13.6. The van der Waals surface area contributed by atoms with Crippen LogP contribution in [-0.2, 0) is 28.6 Å². The molecule has 0 saturated heterocycles. The zero-order chi connectivity index (χ0) is 50.7. The van der Waals surface area contributed by atoms with Crippen molar-refractivity contribution in [1.82, 2.24) is 0 Å². The minimum Gasteiger partial charge on any atom is -0.462 e. The summed E-state index contributed by atoms with van der Waals surface area (Å²) >= 11 is 0. The second-order valence-electron chi connectivity index (χ2n) is 20.6. The molecule has 0 saturated carbocycles. The summed E-state index contributed by atoms with van der Waals surface area (Å²) in [7, 11) is 0. The van der Waals surface area contributed by atoms with E-state index in [0.29, 0.717) is 19.3 Å².